The molecule has 0 aliphatic rings. The van der Waals surface area contributed by atoms with Crippen LogP contribution in [0, 0.1) is 0 Å². The van der Waals surface area contributed by atoms with Gasteiger partial charge in [-0.15, -0.1) is 6.58 Å². The summed E-state index contributed by atoms with van der Waals surface area (Å²) >= 11 is 0. The van der Waals surface area contributed by atoms with Crippen molar-refractivity contribution >= 4 is 20.4 Å². The normalized spacial score (nSPS) is 17.1. The van der Waals surface area contributed by atoms with Gasteiger partial charge in [0.15, 0.2) is 0 Å². The molecular formula is C20H36F10OS2. The third-order valence-electron chi connectivity index (χ3n) is 4.01. The fourth-order valence-electron chi connectivity index (χ4n) is 2.49. The molecule has 0 aromatic heterocycles. The lowest BCUT2D eigenvalue weighted by molar-refractivity contribution is 0.282. The van der Waals surface area contributed by atoms with Crippen LogP contribution in [-0.4, -0.2) is 11.7 Å². The van der Waals surface area contributed by atoms with Crippen LogP contribution in [0.5, 0.6) is 0 Å². The van der Waals surface area contributed by atoms with Gasteiger partial charge in [0.2, 0.25) is 0 Å². The minimum atomic E-state index is -9.34. The summed E-state index contributed by atoms with van der Waals surface area (Å²) in [5, 5.41) is 6.75. The monoisotopic (exact) mass is 546 g/mol. The van der Waals surface area contributed by atoms with E-state index in [-0.39, 0.29) is 19.4 Å². The quantitative estimate of drug-likeness (QED) is 0.109. The third kappa shape index (κ3) is 38.7. The Labute approximate surface area is 190 Å². The minimum absolute atomic E-state index is 0.0194. The van der Waals surface area contributed by atoms with E-state index in [1.807, 2.05) is 0 Å². The predicted octanol–water partition coefficient (Wildman–Crippen LogP) is 11.8. The highest BCUT2D eigenvalue weighted by Gasteiger charge is 2.61. The number of allylic oxidation sites excluding steroid dienone is 3. The van der Waals surface area contributed by atoms with Gasteiger partial charge in [-0.2, -0.15) is 0 Å². The molecule has 33 heavy (non-hydrogen) atoms. The zero-order chi connectivity index (χ0) is 26.3. The topological polar surface area (TPSA) is 20.2 Å². The van der Waals surface area contributed by atoms with Gasteiger partial charge in [0.05, 0.1) is 10.8 Å². The fraction of sp³-hybridized carbons (Fsp3) is 0.700. The average Bonchev–Trinajstić information content (AvgIpc) is 2.59. The molecule has 0 atom stereocenters. The van der Waals surface area contributed by atoms with E-state index in [4.69, 9.17) is 5.11 Å². The number of hydrogen-bond donors (Lipinski definition) is 1. The van der Waals surface area contributed by atoms with Gasteiger partial charge in [-0.3, -0.25) is 0 Å². The lowest BCUT2D eigenvalue weighted by Gasteiger charge is -2.36. The SMILES string of the molecule is C=CCCCCCC/C=C/S(F)(F)(F)(F)F.OCCCCCCCC/C=C/S(F)(F)(F)(F)F. The first-order valence-corrected chi connectivity index (χ1v) is 14.7. The van der Waals surface area contributed by atoms with Crippen LogP contribution < -0.4 is 0 Å². The van der Waals surface area contributed by atoms with Gasteiger partial charge in [0, 0.05) is 6.61 Å². The van der Waals surface area contributed by atoms with E-state index in [1.165, 1.54) is 0 Å². The van der Waals surface area contributed by atoms with Gasteiger partial charge >= 0.3 is 20.4 Å². The summed E-state index contributed by atoms with van der Waals surface area (Å²) in [6.07, 6.45) is 11.4. The molecule has 0 spiro atoms. The van der Waals surface area contributed by atoms with Crippen molar-refractivity contribution in [3.8, 4) is 0 Å². The molecule has 0 aromatic carbocycles. The maximum Gasteiger partial charge on any atom is 0.304 e. The Morgan fingerprint density at radius 3 is 1.09 bits per heavy atom. The second-order valence-corrected chi connectivity index (χ2v) is 12.4. The molecule has 0 rings (SSSR count). The number of unbranched alkanes of at least 4 members (excludes halogenated alkanes) is 11. The van der Waals surface area contributed by atoms with Crippen LogP contribution in [0.4, 0.5) is 38.9 Å². The van der Waals surface area contributed by atoms with Crippen molar-refractivity contribution < 1.29 is 44.0 Å². The number of aliphatic hydroxyl groups excluding tert-OH is 1. The largest absolute Gasteiger partial charge is 0.396 e. The zero-order valence-corrected chi connectivity index (χ0v) is 20.2. The lowest BCUT2D eigenvalue weighted by Crippen LogP contribution is -1.98. The lowest BCUT2D eigenvalue weighted by atomic mass is 10.1. The molecule has 204 valence electrons. The van der Waals surface area contributed by atoms with E-state index in [0.29, 0.717) is 25.0 Å². The van der Waals surface area contributed by atoms with Gasteiger partial charge in [0.25, 0.3) is 0 Å². The first kappa shape index (κ1) is 34.3. The molecule has 13 heteroatoms. The minimum Gasteiger partial charge on any atom is -0.396 e. The van der Waals surface area contributed by atoms with E-state index in [9.17, 15) is 38.9 Å². The number of halogens is 10. The van der Waals surface area contributed by atoms with Crippen molar-refractivity contribution in [3.63, 3.8) is 0 Å². The molecule has 0 heterocycles. The second-order valence-electron chi connectivity index (χ2n) is 7.71. The Morgan fingerprint density at radius 1 is 0.485 bits per heavy atom. The summed E-state index contributed by atoms with van der Waals surface area (Å²) < 4.78 is 118. The average molecular weight is 547 g/mol. The number of aliphatic hydroxyl groups is 1. The van der Waals surface area contributed by atoms with Crippen molar-refractivity contribution in [2.75, 3.05) is 6.61 Å². The molecule has 0 amide bonds. The van der Waals surface area contributed by atoms with E-state index in [0.717, 1.165) is 57.8 Å². The Bertz CT molecular complexity index is 610. The van der Waals surface area contributed by atoms with Gasteiger partial charge < -0.3 is 5.11 Å². The molecule has 0 aliphatic carbocycles. The maximum absolute atomic E-state index is 11.8. The van der Waals surface area contributed by atoms with Crippen molar-refractivity contribution in [2.45, 2.75) is 83.5 Å². The molecule has 1 N–H and O–H groups in total. The van der Waals surface area contributed by atoms with Crippen molar-refractivity contribution in [1.82, 2.24) is 0 Å². The predicted molar refractivity (Wildman–Crippen MR) is 122 cm³/mol. The summed E-state index contributed by atoms with van der Waals surface area (Å²) in [4.78, 5) is 0. The Kier molecular flexibility index (Phi) is 12.7. The second kappa shape index (κ2) is 12.2. The van der Waals surface area contributed by atoms with Gasteiger partial charge in [-0.05, 0) is 44.9 Å². The summed E-state index contributed by atoms with van der Waals surface area (Å²) in [6, 6.07) is 0. The van der Waals surface area contributed by atoms with E-state index in [2.05, 4.69) is 6.58 Å². The molecule has 0 fully saturated rings. The molecule has 0 bridgehead atoms. The highest BCUT2D eigenvalue weighted by molar-refractivity contribution is 8.48. The Hall–Kier alpha value is -0.820. The van der Waals surface area contributed by atoms with Crippen LogP contribution in [0.3, 0.4) is 0 Å². The molecule has 0 aliphatic heterocycles. The van der Waals surface area contributed by atoms with Crippen LogP contribution in [0.1, 0.15) is 83.5 Å². The van der Waals surface area contributed by atoms with Crippen molar-refractivity contribution in [3.05, 3.63) is 35.6 Å². The van der Waals surface area contributed by atoms with E-state index < -0.39 is 31.3 Å². The first-order chi connectivity index (χ1) is 14.6. The van der Waals surface area contributed by atoms with Gasteiger partial charge in [-0.1, -0.05) is 95.6 Å². The molecule has 1 nitrogen and oxygen atoms in total. The standard InChI is InChI=1S/C10H19F5OS.C10H17F5S/c11-17(12,13,14,15)10-8-6-4-2-1-3-5-7-9-16;1-2-3-4-5-6-7-8-9-10-16(11,12,13,14)15/h8,10,16H,1-7,9H2;2,9-10H,1,3-8H2/b10-8+;10-9+. The summed E-state index contributed by atoms with van der Waals surface area (Å²) in [5.41, 5.74) is 0. The molecule has 0 radical (unpaired) electrons. The van der Waals surface area contributed by atoms with E-state index >= 15 is 0 Å². The van der Waals surface area contributed by atoms with Crippen LogP contribution in [-0.2, 0) is 0 Å². The Balaban J connectivity index is 0. The van der Waals surface area contributed by atoms with Crippen LogP contribution in [0.25, 0.3) is 0 Å². The zero-order valence-electron chi connectivity index (χ0n) is 18.5. The van der Waals surface area contributed by atoms with Crippen LogP contribution >= 0.6 is 20.4 Å². The molecule has 0 unspecified atom stereocenters. The smallest absolute Gasteiger partial charge is 0.304 e. The molecule has 0 saturated carbocycles. The first-order valence-electron chi connectivity index (χ1n) is 10.6. The summed E-state index contributed by atoms with van der Waals surface area (Å²) in [7, 11) is -18.7. The highest BCUT2D eigenvalue weighted by Crippen LogP contribution is 2.99. The number of rotatable bonds is 17. The highest BCUT2D eigenvalue weighted by atomic mass is 32.5. The Morgan fingerprint density at radius 2 is 0.788 bits per heavy atom. The van der Waals surface area contributed by atoms with Crippen LogP contribution in [0.2, 0.25) is 0 Å². The fourth-order valence-corrected chi connectivity index (χ4v) is 3.48. The van der Waals surface area contributed by atoms with Crippen molar-refractivity contribution in [2.24, 2.45) is 0 Å². The third-order valence-corrected chi connectivity index (χ3v) is 5.43. The summed E-state index contributed by atoms with van der Waals surface area (Å²) in [5.74, 6) is 0. The van der Waals surface area contributed by atoms with Gasteiger partial charge in [-0.25, -0.2) is 0 Å². The molecular weight excluding hydrogens is 510 g/mol. The molecule has 0 saturated heterocycles. The number of hydrogen-bond acceptors (Lipinski definition) is 1. The van der Waals surface area contributed by atoms with Crippen LogP contribution in [0.15, 0.2) is 35.6 Å². The van der Waals surface area contributed by atoms with Gasteiger partial charge in [0.1, 0.15) is 0 Å². The van der Waals surface area contributed by atoms with E-state index in [1.54, 1.807) is 6.08 Å². The molecule has 0 aromatic rings. The van der Waals surface area contributed by atoms with Crippen molar-refractivity contribution in [1.29, 1.82) is 0 Å². The summed E-state index contributed by atoms with van der Waals surface area (Å²) in [6.45, 7) is 3.68. The maximum atomic E-state index is 11.8.